The van der Waals surface area contributed by atoms with Crippen molar-refractivity contribution in [3.05, 3.63) is 23.8 Å². The zero-order valence-corrected chi connectivity index (χ0v) is 12.4. The molecule has 0 saturated heterocycles. The molecule has 1 aromatic rings. The van der Waals surface area contributed by atoms with E-state index in [-0.39, 0.29) is 5.91 Å². The van der Waals surface area contributed by atoms with Gasteiger partial charge in [-0.1, -0.05) is 19.9 Å². The van der Waals surface area contributed by atoms with Crippen molar-refractivity contribution in [3.63, 3.8) is 0 Å². The zero-order valence-electron chi connectivity index (χ0n) is 11.5. The molecule has 0 aliphatic carbocycles. The average Bonchev–Trinajstić information content (AvgIpc) is 2.28. The second kappa shape index (κ2) is 7.31. The van der Waals surface area contributed by atoms with E-state index in [2.05, 4.69) is 42.7 Å². The molecule has 0 atom stereocenters. The van der Waals surface area contributed by atoms with E-state index in [1.165, 1.54) is 17.4 Å². The molecule has 0 unspecified atom stereocenters. The molecule has 0 fully saturated rings. The maximum absolute atomic E-state index is 10.9. The summed E-state index contributed by atoms with van der Waals surface area (Å²) < 4.78 is 0. The summed E-state index contributed by atoms with van der Waals surface area (Å²) in [6.45, 7) is 5.97. The number of rotatable bonds is 6. The third kappa shape index (κ3) is 5.00. The van der Waals surface area contributed by atoms with Crippen LogP contribution in [-0.4, -0.2) is 18.8 Å². The first kappa shape index (κ1) is 14.9. The Labute approximate surface area is 114 Å². The molecule has 4 heteroatoms. The molecule has 0 spiro atoms. The van der Waals surface area contributed by atoms with Crippen LogP contribution >= 0.6 is 11.8 Å². The molecule has 0 heterocycles. The Morgan fingerprint density at radius 2 is 2.11 bits per heavy atom. The zero-order chi connectivity index (χ0) is 13.5. The van der Waals surface area contributed by atoms with Gasteiger partial charge in [-0.3, -0.25) is 4.79 Å². The minimum absolute atomic E-state index is 0.00634. The first-order chi connectivity index (χ1) is 8.52. The Kier molecular flexibility index (Phi) is 6.05. The van der Waals surface area contributed by atoms with E-state index in [0.717, 1.165) is 12.1 Å². The highest BCUT2D eigenvalue weighted by Gasteiger charge is 2.05. The lowest BCUT2D eigenvalue weighted by Gasteiger charge is -2.12. The molecule has 1 aromatic carbocycles. The van der Waals surface area contributed by atoms with Crippen LogP contribution in [-0.2, 0) is 11.2 Å². The lowest BCUT2D eigenvalue weighted by Crippen LogP contribution is -2.18. The first-order valence-electron chi connectivity index (χ1n) is 6.21. The van der Waals surface area contributed by atoms with Gasteiger partial charge in [0.15, 0.2) is 0 Å². The van der Waals surface area contributed by atoms with E-state index in [0.29, 0.717) is 11.8 Å². The smallest absolute Gasteiger partial charge is 0.217 e. The second-order valence-electron chi connectivity index (χ2n) is 4.70. The second-order valence-corrected chi connectivity index (χ2v) is 5.72. The molecule has 2 N–H and O–H groups in total. The fourth-order valence-electron chi connectivity index (χ4n) is 1.71. The Bertz CT molecular complexity index is 405. The Hall–Kier alpha value is -1.16. The molecule has 0 aliphatic rings. The van der Waals surface area contributed by atoms with Crippen molar-refractivity contribution in [2.24, 2.45) is 5.92 Å². The summed E-state index contributed by atoms with van der Waals surface area (Å²) in [4.78, 5) is 12.0. The third-order valence-corrected chi connectivity index (χ3v) is 3.45. The maximum atomic E-state index is 10.9. The molecular formula is C14H22N2OS. The van der Waals surface area contributed by atoms with Crippen LogP contribution in [0.15, 0.2) is 23.1 Å². The van der Waals surface area contributed by atoms with Crippen molar-refractivity contribution in [2.45, 2.75) is 32.1 Å². The summed E-state index contributed by atoms with van der Waals surface area (Å²) in [5, 5.41) is 5.98. The normalized spacial score (nSPS) is 10.5. The highest BCUT2D eigenvalue weighted by atomic mass is 32.2. The molecule has 18 heavy (non-hydrogen) atoms. The van der Waals surface area contributed by atoms with Crippen molar-refractivity contribution in [1.82, 2.24) is 5.32 Å². The van der Waals surface area contributed by atoms with Gasteiger partial charge in [-0.15, -0.1) is 11.8 Å². The predicted molar refractivity (Wildman–Crippen MR) is 79.1 cm³/mol. The monoisotopic (exact) mass is 266 g/mol. The fourth-order valence-corrected chi connectivity index (χ4v) is 2.70. The molecule has 0 radical (unpaired) electrons. The molecule has 0 saturated carbocycles. The van der Waals surface area contributed by atoms with Crippen LogP contribution in [0.4, 0.5) is 5.69 Å². The van der Waals surface area contributed by atoms with Crippen molar-refractivity contribution in [3.8, 4) is 0 Å². The molecule has 1 amide bonds. The molecule has 0 bridgehead atoms. The SMILES string of the molecule is CNc1ccc(CC(C)C)cc1SCNC(C)=O. The first-order valence-corrected chi connectivity index (χ1v) is 7.19. The summed E-state index contributed by atoms with van der Waals surface area (Å²) in [5.41, 5.74) is 2.45. The number of hydrogen-bond acceptors (Lipinski definition) is 3. The minimum atomic E-state index is 0.00634. The van der Waals surface area contributed by atoms with Gasteiger partial charge in [0.2, 0.25) is 5.91 Å². The standard InChI is InChI=1S/C14H22N2OS/c1-10(2)7-12-5-6-13(15-4)14(8-12)18-9-16-11(3)17/h5-6,8,10,15H,7,9H2,1-4H3,(H,16,17). The highest BCUT2D eigenvalue weighted by molar-refractivity contribution is 7.99. The summed E-state index contributed by atoms with van der Waals surface area (Å²) in [7, 11) is 1.92. The lowest BCUT2D eigenvalue weighted by atomic mass is 10.0. The number of amides is 1. The van der Waals surface area contributed by atoms with E-state index in [1.54, 1.807) is 11.8 Å². The highest BCUT2D eigenvalue weighted by Crippen LogP contribution is 2.28. The van der Waals surface area contributed by atoms with Gasteiger partial charge < -0.3 is 10.6 Å². The number of thioether (sulfide) groups is 1. The topological polar surface area (TPSA) is 41.1 Å². The van der Waals surface area contributed by atoms with Crippen LogP contribution in [0.5, 0.6) is 0 Å². The van der Waals surface area contributed by atoms with Crippen molar-refractivity contribution in [2.75, 3.05) is 18.2 Å². The molecule has 100 valence electrons. The van der Waals surface area contributed by atoms with Gasteiger partial charge in [-0.2, -0.15) is 0 Å². The van der Waals surface area contributed by atoms with E-state index >= 15 is 0 Å². The van der Waals surface area contributed by atoms with Gasteiger partial charge in [0.1, 0.15) is 0 Å². The molecule has 1 rings (SSSR count). The van der Waals surface area contributed by atoms with E-state index < -0.39 is 0 Å². The van der Waals surface area contributed by atoms with Gasteiger partial charge in [0.05, 0.1) is 5.88 Å². The maximum Gasteiger partial charge on any atom is 0.217 e. The summed E-state index contributed by atoms with van der Waals surface area (Å²) in [5.74, 6) is 1.26. The van der Waals surface area contributed by atoms with Crippen molar-refractivity contribution < 1.29 is 4.79 Å². The van der Waals surface area contributed by atoms with Crippen molar-refractivity contribution in [1.29, 1.82) is 0 Å². The van der Waals surface area contributed by atoms with Crippen LogP contribution in [0, 0.1) is 5.92 Å². The number of hydrogen-bond donors (Lipinski definition) is 2. The van der Waals surface area contributed by atoms with Crippen LogP contribution in [0.3, 0.4) is 0 Å². The van der Waals surface area contributed by atoms with E-state index in [4.69, 9.17) is 0 Å². The Morgan fingerprint density at radius 3 is 2.67 bits per heavy atom. The number of carbonyl (C=O) groups excluding carboxylic acids is 1. The van der Waals surface area contributed by atoms with Gasteiger partial charge in [0.25, 0.3) is 0 Å². The number of carbonyl (C=O) groups is 1. The number of nitrogens with one attached hydrogen (secondary N) is 2. The largest absolute Gasteiger partial charge is 0.387 e. The number of benzene rings is 1. The summed E-state index contributed by atoms with van der Waals surface area (Å²) in [6.07, 6.45) is 1.08. The summed E-state index contributed by atoms with van der Waals surface area (Å²) >= 11 is 1.65. The van der Waals surface area contributed by atoms with Crippen LogP contribution in [0.2, 0.25) is 0 Å². The lowest BCUT2D eigenvalue weighted by molar-refractivity contribution is -0.118. The van der Waals surface area contributed by atoms with Gasteiger partial charge in [-0.25, -0.2) is 0 Å². The molecular weight excluding hydrogens is 244 g/mol. The molecule has 0 aliphatic heterocycles. The van der Waals surface area contributed by atoms with Crippen LogP contribution in [0.25, 0.3) is 0 Å². The summed E-state index contributed by atoms with van der Waals surface area (Å²) in [6, 6.07) is 6.47. The number of anilines is 1. The quantitative estimate of drug-likeness (QED) is 0.614. The fraction of sp³-hybridized carbons (Fsp3) is 0.500. The van der Waals surface area contributed by atoms with E-state index in [1.807, 2.05) is 7.05 Å². The van der Waals surface area contributed by atoms with Gasteiger partial charge >= 0.3 is 0 Å². The minimum Gasteiger partial charge on any atom is -0.387 e. The predicted octanol–water partition coefficient (Wildman–Crippen LogP) is 3.11. The van der Waals surface area contributed by atoms with Crippen LogP contribution in [0.1, 0.15) is 26.3 Å². The third-order valence-electron chi connectivity index (χ3n) is 2.51. The average molecular weight is 266 g/mol. The Balaban J connectivity index is 2.75. The molecule has 0 aromatic heterocycles. The van der Waals surface area contributed by atoms with Gasteiger partial charge in [0, 0.05) is 24.6 Å². The van der Waals surface area contributed by atoms with Crippen molar-refractivity contribution >= 4 is 23.4 Å². The molecule has 3 nitrogen and oxygen atoms in total. The van der Waals surface area contributed by atoms with E-state index in [9.17, 15) is 4.79 Å². The van der Waals surface area contributed by atoms with Crippen LogP contribution < -0.4 is 10.6 Å². The Morgan fingerprint density at radius 1 is 1.39 bits per heavy atom. The van der Waals surface area contributed by atoms with Gasteiger partial charge in [-0.05, 0) is 30.0 Å².